The van der Waals surface area contributed by atoms with Crippen LogP contribution < -0.4 is 10.6 Å². The van der Waals surface area contributed by atoms with E-state index < -0.39 is 0 Å². The Labute approximate surface area is 174 Å². The zero-order valence-electron chi connectivity index (χ0n) is 16.5. The van der Waals surface area contributed by atoms with Gasteiger partial charge in [-0.05, 0) is 55.1 Å². The lowest BCUT2D eigenvalue weighted by Gasteiger charge is -2.18. The van der Waals surface area contributed by atoms with E-state index in [4.69, 9.17) is 0 Å². The zero-order valence-corrected chi connectivity index (χ0v) is 17.3. The number of rotatable bonds is 8. The van der Waals surface area contributed by atoms with Crippen molar-refractivity contribution in [1.29, 1.82) is 0 Å². The Kier molecular flexibility index (Phi) is 7.10. The fourth-order valence-corrected chi connectivity index (χ4v) is 3.35. The third kappa shape index (κ3) is 5.73. The van der Waals surface area contributed by atoms with Crippen LogP contribution in [0, 0.1) is 0 Å². The number of amides is 2. The summed E-state index contributed by atoms with van der Waals surface area (Å²) in [6.07, 6.45) is 1.63. The quantitative estimate of drug-likeness (QED) is 0.576. The number of hydrogen-bond acceptors (Lipinski definition) is 5. The number of anilines is 2. The van der Waals surface area contributed by atoms with Crippen LogP contribution in [0.2, 0.25) is 0 Å². The first-order valence-electron chi connectivity index (χ1n) is 9.52. The van der Waals surface area contributed by atoms with Crippen LogP contribution in [0.15, 0.2) is 60.1 Å². The van der Waals surface area contributed by atoms with Crippen molar-refractivity contribution in [1.82, 2.24) is 9.88 Å². The van der Waals surface area contributed by atoms with Crippen LogP contribution in [-0.4, -0.2) is 34.8 Å². The molecular weight excluding hydrogens is 384 g/mol. The van der Waals surface area contributed by atoms with Crippen molar-refractivity contribution in [2.45, 2.75) is 20.4 Å². The highest BCUT2D eigenvalue weighted by molar-refractivity contribution is 7.13. The molecule has 0 fully saturated rings. The molecule has 0 spiro atoms. The highest BCUT2D eigenvalue weighted by atomic mass is 32.1. The maximum atomic E-state index is 12.5. The van der Waals surface area contributed by atoms with Crippen molar-refractivity contribution in [3.8, 4) is 0 Å². The summed E-state index contributed by atoms with van der Waals surface area (Å²) in [5, 5.41) is 7.94. The van der Waals surface area contributed by atoms with E-state index in [0.29, 0.717) is 21.9 Å². The van der Waals surface area contributed by atoms with Gasteiger partial charge in [0.15, 0.2) is 5.13 Å². The lowest BCUT2D eigenvalue weighted by atomic mass is 10.1. The van der Waals surface area contributed by atoms with Crippen molar-refractivity contribution in [3.63, 3.8) is 0 Å². The highest BCUT2D eigenvalue weighted by Crippen LogP contribution is 2.15. The van der Waals surface area contributed by atoms with E-state index in [1.54, 1.807) is 35.8 Å². The molecule has 7 heteroatoms. The minimum absolute atomic E-state index is 0.181. The van der Waals surface area contributed by atoms with Crippen molar-refractivity contribution in [3.05, 3.63) is 76.8 Å². The Morgan fingerprint density at radius 2 is 1.48 bits per heavy atom. The van der Waals surface area contributed by atoms with Gasteiger partial charge in [0, 0.05) is 34.9 Å². The third-order valence-electron chi connectivity index (χ3n) is 4.57. The van der Waals surface area contributed by atoms with Gasteiger partial charge >= 0.3 is 0 Å². The molecule has 0 unspecified atom stereocenters. The van der Waals surface area contributed by atoms with Crippen LogP contribution in [-0.2, 0) is 6.54 Å². The fourth-order valence-electron chi connectivity index (χ4n) is 2.83. The molecule has 0 bridgehead atoms. The van der Waals surface area contributed by atoms with Gasteiger partial charge in [-0.2, -0.15) is 0 Å². The number of hydrogen-bond donors (Lipinski definition) is 2. The average molecular weight is 409 g/mol. The fraction of sp³-hybridized carbons (Fsp3) is 0.227. The Bertz CT molecular complexity index is 934. The second-order valence-electron chi connectivity index (χ2n) is 6.48. The summed E-state index contributed by atoms with van der Waals surface area (Å²) < 4.78 is 0. The molecule has 29 heavy (non-hydrogen) atoms. The van der Waals surface area contributed by atoms with E-state index in [-0.39, 0.29) is 11.8 Å². The Morgan fingerprint density at radius 1 is 0.897 bits per heavy atom. The van der Waals surface area contributed by atoms with Crippen LogP contribution >= 0.6 is 11.3 Å². The first-order valence-corrected chi connectivity index (χ1v) is 10.4. The second-order valence-corrected chi connectivity index (χ2v) is 7.38. The van der Waals surface area contributed by atoms with E-state index in [2.05, 4.69) is 34.4 Å². The highest BCUT2D eigenvalue weighted by Gasteiger charge is 2.10. The molecule has 3 aromatic rings. The smallest absolute Gasteiger partial charge is 0.257 e. The van der Waals surface area contributed by atoms with Gasteiger partial charge in [-0.15, -0.1) is 11.3 Å². The first-order chi connectivity index (χ1) is 14.1. The van der Waals surface area contributed by atoms with E-state index in [9.17, 15) is 9.59 Å². The average Bonchev–Trinajstić information content (AvgIpc) is 3.26. The predicted octanol–water partition coefficient (Wildman–Crippen LogP) is 4.49. The molecule has 2 N–H and O–H groups in total. The van der Waals surface area contributed by atoms with Crippen molar-refractivity contribution < 1.29 is 9.59 Å². The monoisotopic (exact) mass is 408 g/mol. The topological polar surface area (TPSA) is 74.3 Å². The number of thiazole rings is 1. The minimum Gasteiger partial charge on any atom is -0.322 e. The standard InChI is InChI=1S/C22H24N4O2S/c1-3-26(4-2)15-16-5-7-17(8-6-16)20(27)24-19-11-9-18(10-12-19)21(28)25-22-23-13-14-29-22/h5-14H,3-4,15H2,1-2H3,(H,24,27)(H,23,25,28). The predicted molar refractivity (Wildman–Crippen MR) is 118 cm³/mol. The number of carbonyl (C=O) groups is 2. The molecule has 0 aliphatic carbocycles. The number of carbonyl (C=O) groups excluding carboxylic acids is 2. The number of benzene rings is 2. The van der Waals surface area contributed by atoms with Gasteiger partial charge in [0.1, 0.15) is 0 Å². The number of nitrogens with one attached hydrogen (secondary N) is 2. The van der Waals surface area contributed by atoms with Gasteiger partial charge in [-0.1, -0.05) is 26.0 Å². The molecule has 0 atom stereocenters. The molecule has 1 aromatic heterocycles. The lowest BCUT2D eigenvalue weighted by Crippen LogP contribution is -2.22. The molecule has 0 aliphatic rings. The summed E-state index contributed by atoms with van der Waals surface area (Å²) in [6.45, 7) is 7.14. The molecule has 150 valence electrons. The Morgan fingerprint density at radius 3 is 2.03 bits per heavy atom. The molecule has 0 saturated carbocycles. The summed E-state index contributed by atoms with van der Waals surface area (Å²) in [6, 6.07) is 14.4. The van der Waals surface area contributed by atoms with E-state index >= 15 is 0 Å². The number of aromatic nitrogens is 1. The largest absolute Gasteiger partial charge is 0.322 e. The molecule has 6 nitrogen and oxygen atoms in total. The SMILES string of the molecule is CCN(CC)Cc1ccc(C(=O)Nc2ccc(C(=O)Nc3nccs3)cc2)cc1. The molecule has 3 rings (SSSR count). The molecule has 2 amide bonds. The summed E-state index contributed by atoms with van der Waals surface area (Å²) >= 11 is 1.36. The van der Waals surface area contributed by atoms with E-state index in [0.717, 1.165) is 19.6 Å². The zero-order chi connectivity index (χ0) is 20.6. The molecule has 0 radical (unpaired) electrons. The summed E-state index contributed by atoms with van der Waals surface area (Å²) in [5.74, 6) is -0.416. The molecule has 2 aromatic carbocycles. The van der Waals surface area contributed by atoms with E-state index in [1.807, 2.05) is 24.3 Å². The molecule has 0 aliphatic heterocycles. The maximum Gasteiger partial charge on any atom is 0.257 e. The van der Waals surface area contributed by atoms with E-state index in [1.165, 1.54) is 16.9 Å². The Balaban J connectivity index is 1.58. The van der Waals surface area contributed by atoms with Crippen LogP contribution in [0.5, 0.6) is 0 Å². The molecule has 1 heterocycles. The van der Waals surface area contributed by atoms with Crippen LogP contribution in [0.4, 0.5) is 10.8 Å². The van der Waals surface area contributed by atoms with Gasteiger partial charge in [0.05, 0.1) is 0 Å². The third-order valence-corrected chi connectivity index (χ3v) is 5.26. The summed E-state index contributed by atoms with van der Waals surface area (Å²) in [5.41, 5.74) is 2.91. The lowest BCUT2D eigenvalue weighted by molar-refractivity contribution is 0.102. The summed E-state index contributed by atoms with van der Waals surface area (Å²) in [4.78, 5) is 31.0. The first kappa shape index (κ1) is 20.7. The van der Waals surface area contributed by atoms with Gasteiger partial charge in [0.25, 0.3) is 11.8 Å². The van der Waals surface area contributed by atoms with Gasteiger partial charge in [-0.25, -0.2) is 4.98 Å². The van der Waals surface area contributed by atoms with Gasteiger partial charge in [0.2, 0.25) is 0 Å². The number of nitrogens with zero attached hydrogens (tertiary/aromatic N) is 2. The van der Waals surface area contributed by atoms with Crippen LogP contribution in [0.1, 0.15) is 40.1 Å². The van der Waals surface area contributed by atoms with Gasteiger partial charge in [-0.3, -0.25) is 19.8 Å². The molecular formula is C22H24N4O2S. The maximum absolute atomic E-state index is 12.5. The van der Waals surface area contributed by atoms with Gasteiger partial charge < -0.3 is 5.32 Å². The van der Waals surface area contributed by atoms with Crippen molar-refractivity contribution in [2.75, 3.05) is 23.7 Å². The summed E-state index contributed by atoms with van der Waals surface area (Å²) in [7, 11) is 0. The van der Waals surface area contributed by atoms with Crippen LogP contribution in [0.25, 0.3) is 0 Å². The molecule has 0 saturated heterocycles. The van der Waals surface area contributed by atoms with Crippen molar-refractivity contribution in [2.24, 2.45) is 0 Å². The minimum atomic E-state index is -0.235. The van der Waals surface area contributed by atoms with Crippen LogP contribution in [0.3, 0.4) is 0 Å². The second kappa shape index (κ2) is 9.95. The van der Waals surface area contributed by atoms with Crippen molar-refractivity contribution >= 4 is 34.0 Å². The normalized spacial score (nSPS) is 10.7. The Hall–Kier alpha value is -3.03.